The van der Waals surface area contributed by atoms with Crippen LogP contribution in [-0.4, -0.2) is 18.9 Å². The summed E-state index contributed by atoms with van der Waals surface area (Å²) in [5.74, 6) is 0.897. The Balaban J connectivity index is 2.13. The molecule has 2 unspecified atom stereocenters. The molecule has 2 N–H and O–H groups in total. The number of ether oxygens (including phenoxy) is 1. The summed E-state index contributed by atoms with van der Waals surface area (Å²) in [5, 5.41) is 0.620. The van der Waals surface area contributed by atoms with Crippen LogP contribution >= 0.6 is 11.6 Å². The van der Waals surface area contributed by atoms with Gasteiger partial charge in [0.1, 0.15) is 11.5 Å². The highest BCUT2D eigenvalue weighted by Gasteiger charge is 2.30. The summed E-state index contributed by atoms with van der Waals surface area (Å²) < 4.78 is 5.25. The van der Waals surface area contributed by atoms with E-state index in [1.807, 2.05) is 0 Å². The van der Waals surface area contributed by atoms with Crippen LogP contribution in [0.25, 0.3) is 0 Å². The normalized spacial score (nSPS) is 23.1. The molecule has 1 aliphatic rings. The first-order valence-electron chi connectivity index (χ1n) is 6.22. The summed E-state index contributed by atoms with van der Waals surface area (Å²) in [7, 11) is 1.60. The smallest absolute Gasteiger partial charge is 0.142 e. The minimum atomic E-state index is -0.00584. The van der Waals surface area contributed by atoms with Gasteiger partial charge in [-0.2, -0.15) is 0 Å². The summed E-state index contributed by atoms with van der Waals surface area (Å²) in [6.45, 7) is 0. The minimum Gasteiger partial charge on any atom is -0.496 e. The molecule has 18 heavy (non-hydrogen) atoms. The van der Waals surface area contributed by atoms with Gasteiger partial charge in [-0.15, -0.1) is 0 Å². The summed E-state index contributed by atoms with van der Waals surface area (Å²) in [4.78, 5) is 12.2. The van der Waals surface area contributed by atoms with Gasteiger partial charge in [0.05, 0.1) is 7.11 Å². The molecule has 1 aromatic rings. The van der Waals surface area contributed by atoms with Crippen molar-refractivity contribution < 1.29 is 9.53 Å². The number of Topliss-reactive ketones (excluding diaryl/α,β-unsaturated/α-hetero) is 1. The molecule has 0 heterocycles. The van der Waals surface area contributed by atoms with Gasteiger partial charge in [-0.05, 0) is 31.0 Å². The second-order valence-corrected chi connectivity index (χ2v) is 5.24. The van der Waals surface area contributed by atoms with Crippen molar-refractivity contribution in [3.05, 3.63) is 28.8 Å². The number of ketones is 1. The molecular weight excluding hydrogens is 250 g/mol. The van der Waals surface area contributed by atoms with Gasteiger partial charge in [0.15, 0.2) is 0 Å². The van der Waals surface area contributed by atoms with E-state index in [2.05, 4.69) is 0 Å². The fourth-order valence-corrected chi connectivity index (χ4v) is 2.79. The number of hydrogen-bond acceptors (Lipinski definition) is 3. The van der Waals surface area contributed by atoms with Gasteiger partial charge in [-0.25, -0.2) is 0 Å². The van der Waals surface area contributed by atoms with Crippen molar-refractivity contribution in [2.75, 3.05) is 7.11 Å². The Morgan fingerprint density at radius 2 is 2.28 bits per heavy atom. The standard InChI is InChI=1S/C14H18ClNO2/c1-18-14-6-5-10(15)7-9(14)8-13(17)11-3-2-4-12(11)16/h5-7,11-12H,2-4,8,16H2,1H3. The van der Waals surface area contributed by atoms with Crippen LogP contribution in [0.3, 0.4) is 0 Å². The van der Waals surface area contributed by atoms with Crippen molar-refractivity contribution in [3.8, 4) is 5.75 Å². The lowest BCUT2D eigenvalue weighted by molar-refractivity contribution is -0.122. The number of hydrogen-bond donors (Lipinski definition) is 1. The average molecular weight is 268 g/mol. The fraction of sp³-hybridized carbons (Fsp3) is 0.500. The summed E-state index contributed by atoms with van der Waals surface area (Å²) >= 11 is 5.95. The number of carbonyl (C=O) groups is 1. The topological polar surface area (TPSA) is 52.3 Å². The Kier molecular flexibility index (Phi) is 4.25. The maximum Gasteiger partial charge on any atom is 0.142 e. The second kappa shape index (κ2) is 5.72. The number of methoxy groups -OCH3 is 1. The van der Waals surface area contributed by atoms with Crippen molar-refractivity contribution in [2.24, 2.45) is 11.7 Å². The van der Waals surface area contributed by atoms with E-state index in [0.29, 0.717) is 17.2 Å². The van der Waals surface area contributed by atoms with Crippen molar-refractivity contribution in [3.63, 3.8) is 0 Å². The largest absolute Gasteiger partial charge is 0.496 e. The first-order chi connectivity index (χ1) is 8.61. The van der Waals surface area contributed by atoms with Crippen LogP contribution in [-0.2, 0) is 11.2 Å². The highest BCUT2D eigenvalue weighted by Crippen LogP contribution is 2.29. The molecule has 1 aromatic carbocycles. The zero-order valence-electron chi connectivity index (χ0n) is 10.5. The second-order valence-electron chi connectivity index (χ2n) is 4.80. The van der Waals surface area contributed by atoms with E-state index in [4.69, 9.17) is 22.1 Å². The summed E-state index contributed by atoms with van der Waals surface area (Å²) in [6, 6.07) is 5.36. The first kappa shape index (κ1) is 13.4. The lowest BCUT2D eigenvalue weighted by atomic mass is 9.93. The molecule has 0 radical (unpaired) electrons. The van der Waals surface area contributed by atoms with Crippen molar-refractivity contribution in [2.45, 2.75) is 31.7 Å². The van der Waals surface area contributed by atoms with Crippen LogP contribution in [0.2, 0.25) is 5.02 Å². The van der Waals surface area contributed by atoms with Gasteiger partial charge in [0, 0.05) is 29.0 Å². The van der Waals surface area contributed by atoms with Crippen molar-refractivity contribution >= 4 is 17.4 Å². The molecule has 1 aliphatic carbocycles. The van der Waals surface area contributed by atoms with Crippen LogP contribution in [0, 0.1) is 5.92 Å². The van der Waals surface area contributed by atoms with Gasteiger partial charge in [-0.3, -0.25) is 4.79 Å². The van der Waals surface area contributed by atoms with Crippen LogP contribution in [0.5, 0.6) is 5.75 Å². The van der Waals surface area contributed by atoms with E-state index >= 15 is 0 Å². The molecular formula is C14H18ClNO2. The van der Waals surface area contributed by atoms with Gasteiger partial charge in [0.2, 0.25) is 0 Å². The molecule has 2 rings (SSSR count). The predicted molar refractivity (Wildman–Crippen MR) is 72.0 cm³/mol. The van der Waals surface area contributed by atoms with Crippen LogP contribution in [0.4, 0.5) is 0 Å². The molecule has 0 amide bonds. The molecule has 1 saturated carbocycles. The highest BCUT2D eigenvalue weighted by molar-refractivity contribution is 6.30. The molecule has 0 aromatic heterocycles. The summed E-state index contributed by atoms with van der Waals surface area (Å²) in [5.41, 5.74) is 6.80. The molecule has 0 spiro atoms. The number of benzene rings is 1. The molecule has 2 atom stereocenters. The lowest BCUT2D eigenvalue weighted by Crippen LogP contribution is -2.31. The quantitative estimate of drug-likeness (QED) is 0.912. The Labute approximate surface area is 112 Å². The van der Waals surface area contributed by atoms with Crippen molar-refractivity contribution in [1.29, 1.82) is 0 Å². The van der Waals surface area contributed by atoms with Gasteiger partial charge >= 0.3 is 0 Å². The lowest BCUT2D eigenvalue weighted by Gasteiger charge is -2.15. The van der Waals surface area contributed by atoms with Gasteiger partial charge in [0.25, 0.3) is 0 Å². The molecule has 0 bridgehead atoms. The molecule has 4 heteroatoms. The third-order valence-corrected chi connectivity index (χ3v) is 3.83. The van der Waals surface area contributed by atoms with E-state index in [9.17, 15) is 4.79 Å². The molecule has 0 saturated heterocycles. The number of carbonyl (C=O) groups excluding carboxylic acids is 1. The van der Waals surface area contributed by atoms with Crippen molar-refractivity contribution in [1.82, 2.24) is 0 Å². The predicted octanol–water partition coefficient (Wildman–Crippen LogP) is 2.59. The third-order valence-electron chi connectivity index (χ3n) is 3.59. The van der Waals surface area contributed by atoms with E-state index in [-0.39, 0.29) is 17.7 Å². The Bertz CT molecular complexity index is 447. The maximum atomic E-state index is 12.2. The highest BCUT2D eigenvalue weighted by atomic mass is 35.5. The zero-order valence-corrected chi connectivity index (χ0v) is 11.2. The minimum absolute atomic E-state index is 0.00584. The van der Waals surface area contributed by atoms with E-state index in [1.165, 1.54) is 0 Å². The van der Waals surface area contributed by atoms with E-state index in [0.717, 1.165) is 24.8 Å². The third kappa shape index (κ3) is 2.85. The number of rotatable bonds is 4. The van der Waals surface area contributed by atoms with Crippen LogP contribution < -0.4 is 10.5 Å². The van der Waals surface area contributed by atoms with Crippen LogP contribution in [0.1, 0.15) is 24.8 Å². The zero-order chi connectivity index (χ0) is 13.1. The Morgan fingerprint density at radius 3 is 2.89 bits per heavy atom. The van der Waals surface area contributed by atoms with E-state index in [1.54, 1.807) is 25.3 Å². The van der Waals surface area contributed by atoms with E-state index < -0.39 is 0 Å². The Hall–Kier alpha value is -1.06. The number of nitrogens with two attached hydrogens (primary N) is 1. The molecule has 1 fully saturated rings. The van der Waals surface area contributed by atoms with Gasteiger partial charge < -0.3 is 10.5 Å². The fourth-order valence-electron chi connectivity index (χ4n) is 2.59. The first-order valence-corrected chi connectivity index (χ1v) is 6.60. The number of halogens is 1. The van der Waals surface area contributed by atoms with Gasteiger partial charge in [-0.1, -0.05) is 18.0 Å². The maximum absolute atomic E-state index is 12.2. The van der Waals surface area contributed by atoms with Crippen LogP contribution in [0.15, 0.2) is 18.2 Å². The molecule has 0 aliphatic heterocycles. The average Bonchev–Trinajstić information content (AvgIpc) is 2.76. The monoisotopic (exact) mass is 267 g/mol. The summed E-state index contributed by atoms with van der Waals surface area (Å²) in [6.07, 6.45) is 3.25. The Morgan fingerprint density at radius 1 is 1.50 bits per heavy atom. The molecule has 98 valence electrons. The SMILES string of the molecule is COc1ccc(Cl)cc1CC(=O)C1CCCC1N. The molecule has 3 nitrogen and oxygen atoms in total.